The van der Waals surface area contributed by atoms with E-state index in [1.807, 2.05) is 45.0 Å². The quantitative estimate of drug-likeness (QED) is 0.615. The Morgan fingerprint density at radius 2 is 1.31 bits per heavy atom. The zero-order chi connectivity index (χ0) is 21.4. The Bertz CT molecular complexity index is 806. The fourth-order valence-corrected chi connectivity index (χ4v) is 2.38. The first-order chi connectivity index (χ1) is 13.6. The number of esters is 1. The normalized spacial score (nSPS) is 11.1. The molecule has 0 saturated heterocycles. The van der Waals surface area contributed by atoms with Gasteiger partial charge in [-0.2, -0.15) is 0 Å². The molecule has 2 N–H and O–H groups in total. The third-order valence-electron chi connectivity index (χ3n) is 3.96. The van der Waals surface area contributed by atoms with Crippen LogP contribution < -0.4 is 10.6 Å². The summed E-state index contributed by atoms with van der Waals surface area (Å²) in [5.41, 5.74) is 2.86. The van der Waals surface area contributed by atoms with Gasteiger partial charge in [-0.1, -0.05) is 24.3 Å². The van der Waals surface area contributed by atoms with Gasteiger partial charge in [0.15, 0.2) is 0 Å². The number of nitrogens with one attached hydrogen (secondary N) is 2. The molecule has 29 heavy (non-hydrogen) atoms. The van der Waals surface area contributed by atoms with E-state index in [4.69, 9.17) is 9.47 Å². The van der Waals surface area contributed by atoms with Crippen LogP contribution >= 0.6 is 0 Å². The molecule has 0 fully saturated rings. The van der Waals surface area contributed by atoms with Crippen LogP contribution in [0.1, 0.15) is 45.7 Å². The molecule has 2 rings (SSSR count). The summed E-state index contributed by atoms with van der Waals surface area (Å²) in [6.45, 7) is 9.97. The van der Waals surface area contributed by atoms with Crippen LogP contribution in [-0.2, 0) is 27.5 Å². The van der Waals surface area contributed by atoms with Gasteiger partial charge < -0.3 is 14.8 Å². The fraction of sp³-hybridized carbons (Fsp3) is 0.391. The average Bonchev–Trinajstić information content (AvgIpc) is 2.65. The van der Waals surface area contributed by atoms with Crippen molar-refractivity contribution in [3.05, 3.63) is 59.7 Å². The number of carbonyl (C=O) groups excluding carboxylic acids is 2. The van der Waals surface area contributed by atoms with E-state index in [2.05, 4.69) is 24.5 Å². The number of carbonyl (C=O) groups is 2. The number of amides is 1. The standard InChI is InChI=1S/C23H30N2O4/c1-16(2)24-19-10-6-18(7-11-19)15-29-22(27)25-20-12-8-17(9-13-20)14-28-21(26)23(3,4)5/h6-13,16,24H,14-15H2,1-5H3,(H,25,27). The monoisotopic (exact) mass is 398 g/mol. The van der Waals surface area contributed by atoms with Gasteiger partial charge in [-0.15, -0.1) is 0 Å². The van der Waals surface area contributed by atoms with Crippen molar-refractivity contribution in [2.75, 3.05) is 10.6 Å². The minimum atomic E-state index is -0.531. The lowest BCUT2D eigenvalue weighted by molar-refractivity contribution is -0.154. The maximum absolute atomic E-state index is 12.0. The molecule has 156 valence electrons. The summed E-state index contributed by atoms with van der Waals surface area (Å²) in [6.07, 6.45) is -0.527. The van der Waals surface area contributed by atoms with Crippen LogP contribution in [-0.4, -0.2) is 18.1 Å². The third kappa shape index (κ3) is 7.86. The molecular weight excluding hydrogens is 368 g/mol. The molecule has 6 heteroatoms. The van der Waals surface area contributed by atoms with E-state index >= 15 is 0 Å². The Hall–Kier alpha value is -3.02. The van der Waals surface area contributed by atoms with Gasteiger partial charge in [0.2, 0.25) is 0 Å². The van der Waals surface area contributed by atoms with Crippen LogP contribution in [0.15, 0.2) is 48.5 Å². The molecule has 0 spiro atoms. The zero-order valence-electron chi connectivity index (χ0n) is 17.7. The summed E-state index contributed by atoms with van der Waals surface area (Å²) in [5.74, 6) is -0.253. The predicted octanol–water partition coefficient (Wildman–Crippen LogP) is 5.34. The number of benzene rings is 2. The van der Waals surface area contributed by atoms with Crippen molar-refractivity contribution in [3.63, 3.8) is 0 Å². The molecule has 0 bridgehead atoms. The van der Waals surface area contributed by atoms with Crippen LogP contribution in [0.3, 0.4) is 0 Å². The van der Waals surface area contributed by atoms with Gasteiger partial charge in [-0.25, -0.2) is 4.79 Å². The van der Waals surface area contributed by atoms with Gasteiger partial charge in [-0.05, 0) is 70.0 Å². The predicted molar refractivity (Wildman–Crippen MR) is 115 cm³/mol. The lowest BCUT2D eigenvalue weighted by atomic mass is 9.97. The molecule has 0 aliphatic heterocycles. The lowest BCUT2D eigenvalue weighted by Gasteiger charge is -2.16. The minimum absolute atomic E-state index is 0.189. The number of hydrogen-bond donors (Lipinski definition) is 2. The SMILES string of the molecule is CC(C)Nc1ccc(COC(=O)Nc2ccc(COC(=O)C(C)(C)C)cc2)cc1. The Kier molecular flexibility index (Phi) is 7.65. The highest BCUT2D eigenvalue weighted by atomic mass is 16.5. The molecule has 0 aromatic heterocycles. The molecule has 0 radical (unpaired) electrons. The van der Waals surface area contributed by atoms with Crippen molar-refractivity contribution in [1.29, 1.82) is 0 Å². The first-order valence-electron chi connectivity index (χ1n) is 9.69. The second kappa shape index (κ2) is 9.96. The number of anilines is 2. The van der Waals surface area contributed by atoms with Crippen LogP contribution in [0, 0.1) is 5.41 Å². The molecule has 1 amide bonds. The summed E-state index contributed by atoms with van der Waals surface area (Å²) < 4.78 is 10.5. The van der Waals surface area contributed by atoms with E-state index in [-0.39, 0.29) is 19.2 Å². The van der Waals surface area contributed by atoms with Crippen molar-refractivity contribution < 1.29 is 19.1 Å². The number of rotatable bonds is 7. The zero-order valence-corrected chi connectivity index (χ0v) is 17.7. The molecular formula is C23H30N2O4. The highest BCUT2D eigenvalue weighted by Crippen LogP contribution is 2.17. The summed E-state index contributed by atoms with van der Waals surface area (Å²) in [5, 5.41) is 5.99. The van der Waals surface area contributed by atoms with Crippen molar-refractivity contribution in [2.45, 2.75) is 53.9 Å². The molecule has 0 unspecified atom stereocenters. The van der Waals surface area contributed by atoms with Gasteiger partial charge in [0, 0.05) is 17.4 Å². The molecule has 2 aromatic carbocycles. The van der Waals surface area contributed by atoms with Gasteiger partial charge in [-0.3, -0.25) is 10.1 Å². The summed E-state index contributed by atoms with van der Waals surface area (Å²) in [6, 6.07) is 15.2. The van der Waals surface area contributed by atoms with Gasteiger partial charge in [0.1, 0.15) is 13.2 Å². The molecule has 0 atom stereocenters. The summed E-state index contributed by atoms with van der Waals surface area (Å²) in [7, 11) is 0. The van der Waals surface area contributed by atoms with Gasteiger partial charge in [0.05, 0.1) is 5.41 Å². The second-order valence-electron chi connectivity index (χ2n) is 8.22. The average molecular weight is 399 g/mol. The Morgan fingerprint density at radius 3 is 1.79 bits per heavy atom. The molecule has 0 aliphatic rings. The topological polar surface area (TPSA) is 76.7 Å². The maximum atomic E-state index is 12.0. The third-order valence-corrected chi connectivity index (χ3v) is 3.96. The van der Waals surface area contributed by atoms with E-state index in [1.54, 1.807) is 24.3 Å². The van der Waals surface area contributed by atoms with Crippen LogP contribution in [0.5, 0.6) is 0 Å². The van der Waals surface area contributed by atoms with Crippen molar-refractivity contribution >= 4 is 23.4 Å². The van der Waals surface area contributed by atoms with Crippen molar-refractivity contribution in [1.82, 2.24) is 0 Å². The van der Waals surface area contributed by atoms with Crippen LogP contribution in [0.25, 0.3) is 0 Å². The largest absolute Gasteiger partial charge is 0.460 e. The molecule has 0 aliphatic carbocycles. The second-order valence-corrected chi connectivity index (χ2v) is 8.22. The first-order valence-corrected chi connectivity index (χ1v) is 9.69. The molecule has 0 saturated carbocycles. The van der Waals surface area contributed by atoms with E-state index in [9.17, 15) is 9.59 Å². The van der Waals surface area contributed by atoms with E-state index in [0.29, 0.717) is 11.7 Å². The van der Waals surface area contributed by atoms with Crippen molar-refractivity contribution in [2.24, 2.45) is 5.41 Å². The summed E-state index contributed by atoms with van der Waals surface area (Å²) >= 11 is 0. The number of hydrogen-bond acceptors (Lipinski definition) is 5. The molecule has 0 heterocycles. The minimum Gasteiger partial charge on any atom is -0.460 e. The molecule has 2 aromatic rings. The Labute approximate surface area is 172 Å². The maximum Gasteiger partial charge on any atom is 0.411 e. The van der Waals surface area contributed by atoms with Crippen molar-refractivity contribution in [3.8, 4) is 0 Å². The van der Waals surface area contributed by atoms with E-state index < -0.39 is 11.5 Å². The highest BCUT2D eigenvalue weighted by Gasteiger charge is 2.22. The first kappa shape index (κ1) is 22.3. The fourth-order valence-electron chi connectivity index (χ4n) is 2.38. The molecule has 6 nitrogen and oxygen atoms in total. The lowest BCUT2D eigenvalue weighted by Crippen LogP contribution is -2.22. The van der Waals surface area contributed by atoms with Crippen LogP contribution in [0.4, 0.5) is 16.2 Å². The summed E-state index contributed by atoms with van der Waals surface area (Å²) in [4.78, 5) is 23.8. The van der Waals surface area contributed by atoms with E-state index in [1.165, 1.54) is 0 Å². The van der Waals surface area contributed by atoms with Crippen LogP contribution in [0.2, 0.25) is 0 Å². The van der Waals surface area contributed by atoms with Gasteiger partial charge in [0.25, 0.3) is 0 Å². The highest BCUT2D eigenvalue weighted by molar-refractivity contribution is 5.84. The smallest absolute Gasteiger partial charge is 0.411 e. The Balaban J connectivity index is 1.78. The number of ether oxygens (including phenoxy) is 2. The van der Waals surface area contributed by atoms with Gasteiger partial charge >= 0.3 is 12.1 Å². The Morgan fingerprint density at radius 1 is 0.828 bits per heavy atom. The van der Waals surface area contributed by atoms with E-state index in [0.717, 1.165) is 16.8 Å².